The molecular formula is C15H22N2O2. The van der Waals surface area contributed by atoms with E-state index in [2.05, 4.69) is 11.9 Å². The van der Waals surface area contributed by atoms with Crippen molar-refractivity contribution in [1.29, 1.82) is 0 Å². The van der Waals surface area contributed by atoms with E-state index in [1.54, 1.807) is 19.0 Å². The minimum atomic E-state index is -0.0106. The van der Waals surface area contributed by atoms with E-state index in [-0.39, 0.29) is 12.0 Å². The third-order valence-electron chi connectivity index (χ3n) is 3.48. The molecule has 0 spiro atoms. The molecule has 2 rings (SSSR count). The number of nitrogens with zero attached hydrogens (tertiary/aromatic N) is 2. The van der Waals surface area contributed by atoms with Crippen LogP contribution in [0.2, 0.25) is 0 Å². The van der Waals surface area contributed by atoms with Gasteiger partial charge in [0, 0.05) is 27.2 Å². The van der Waals surface area contributed by atoms with E-state index in [9.17, 15) is 4.79 Å². The van der Waals surface area contributed by atoms with Crippen LogP contribution in [0.3, 0.4) is 0 Å². The van der Waals surface area contributed by atoms with Crippen LogP contribution in [-0.2, 0) is 0 Å². The van der Waals surface area contributed by atoms with E-state index in [1.807, 2.05) is 24.3 Å². The van der Waals surface area contributed by atoms with Gasteiger partial charge in [-0.25, -0.2) is 0 Å². The van der Waals surface area contributed by atoms with Gasteiger partial charge in [0.25, 0.3) is 5.91 Å². The molecule has 104 valence electrons. The SMILES string of the molecule is CN1CCC(Oc2ccccc2C(=O)N(C)C)CC1. The molecule has 1 aromatic rings. The maximum Gasteiger partial charge on any atom is 0.257 e. The van der Waals surface area contributed by atoms with Gasteiger partial charge in [-0.2, -0.15) is 0 Å². The van der Waals surface area contributed by atoms with E-state index in [1.165, 1.54) is 0 Å². The summed E-state index contributed by atoms with van der Waals surface area (Å²) in [6.45, 7) is 2.10. The number of rotatable bonds is 3. The van der Waals surface area contributed by atoms with Crippen molar-refractivity contribution in [2.45, 2.75) is 18.9 Å². The largest absolute Gasteiger partial charge is 0.489 e. The highest BCUT2D eigenvalue weighted by molar-refractivity contribution is 5.96. The number of carbonyl (C=O) groups is 1. The fourth-order valence-electron chi connectivity index (χ4n) is 2.27. The first kappa shape index (κ1) is 13.9. The Kier molecular flexibility index (Phi) is 4.43. The zero-order valence-corrected chi connectivity index (χ0v) is 11.9. The number of hydrogen-bond donors (Lipinski definition) is 0. The summed E-state index contributed by atoms with van der Waals surface area (Å²) in [6.07, 6.45) is 2.24. The molecule has 0 unspecified atom stereocenters. The molecule has 19 heavy (non-hydrogen) atoms. The molecule has 1 heterocycles. The number of carbonyl (C=O) groups excluding carboxylic acids is 1. The zero-order valence-electron chi connectivity index (χ0n) is 11.9. The minimum Gasteiger partial charge on any atom is -0.489 e. The summed E-state index contributed by atoms with van der Waals surface area (Å²) in [5.41, 5.74) is 0.645. The first-order chi connectivity index (χ1) is 9.08. The van der Waals surface area contributed by atoms with Crippen molar-refractivity contribution in [3.63, 3.8) is 0 Å². The van der Waals surface area contributed by atoms with Gasteiger partial charge in [-0.1, -0.05) is 12.1 Å². The molecule has 0 aromatic heterocycles. The van der Waals surface area contributed by atoms with Gasteiger partial charge in [0.15, 0.2) is 0 Å². The summed E-state index contributed by atoms with van der Waals surface area (Å²) in [7, 11) is 5.64. The standard InChI is InChI=1S/C15H22N2O2/c1-16(2)15(18)13-6-4-5-7-14(13)19-12-8-10-17(3)11-9-12/h4-7,12H,8-11H2,1-3H3. The first-order valence-corrected chi connectivity index (χ1v) is 6.74. The Morgan fingerprint density at radius 3 is 2.53 bits per heavy atom. The van der Waals surface area contributed by atoms with Gasteiger partial charge >= 0.3 is 0 Å². The lowest BCUT2D eigenvalue weighted by Gasteiger charge is -2.30. The molecule has 1 fully saturated rings. The Bertz CT molecular complexity index is 438. The van der Waals surface area contributed by atoms with Crippen molar-refractivity contribution in [2.75, 3.05) is 34.2 Å². The fourth-order valence-corrected chi connectivity index (χ4v) is 2.27. The van der Waals surface area contributed by atoms with Gasteiger partial charge in [0.05, 0.1) is 5.56 Å². The molecule has 0 aliphatic carbocycles. The summed E-state index contributed by atoms with van der Waals surface area (Å²) in [5, 5.41) is 0. The van der Waals surface area contributed by atoms with Crippen LogP contribution in [0.15, 0.2) is 24.3 Å². The maximum atomic E-state index is 12.1. The number of hydrogen-bond acceptors (Lipinski definition) is 3. The molecule has 0 N–H and O–H groups in total. The lowest BCUT2D eigenvalue weighted by molar-refractivity contribution is 0.0808. The highest BCUT2D eigenvalue weighted by Crippen LogP contribution is 2.23. The minimum absolute atomic E-state index is 0.0106. The number of piperidine rings is 1. The molecule has 1 saturated heterocycles. The Balaban J connectivity index is 2.10. The second-order valence-corrected chi connectivity index (χ2v) is 5.32. The van der Waals surface area contributed by atoms with Gasteiger partial charge in [-0.15, -0.1) is 0 Å². The van der Waals surface area contributed by atoms with Gasteiger partial charge in [-0.3, -0.25) is 4.79 Å². The van der Waals surface area contributed by atoms with Crippen molar-refractivity contribution in [3.05, 3.63) is 29.8 Å². The average Bonchev–Trinajstić information content (AvgIpc) is 2.41. The van der Waals surface area contributed by atoms with Gasteiger partial charge < -0.3 is 14.5 Å². The molecule has 1 aromatic carbocycles. The van der Waals surface area contributed by atoms with Crippen LogP contribution in [0, 0.1) is 0 Å². The molecule has 1 aliphatic heterocycles. The van der Waals surface area contributed by atoms with Crippen molar-refractivity contribution in [1.82, 2.24) is 9.80 Å². The van der Waals surface area contributed by atoms with Crippen molar-refractivity contribution < 1.29 is 9.53 Å². The molecular weight excluding hydrogens is 240 g/mol. The molecule has 0 bridgehead atoms. The lowest BCUT2D eigenvalue weighted by Crippen LogP contribution is -2.36. The van der Waals surface area contributed by atoms with Crippen LogP contribution in [0.25, 0.3) is 0 Å². The van der Waals surface area contributed by atoms with Crippen molar-refractivity contribution in [2.24, 2.45) is 0 Å². The molecule has 1 aliphatic rings. The van der Waals surface area contributed by atoms with E-state index < -0.39 is 0 Å². The predicted molar refractivity (Wildman–Crippen MR) is 75.6 cm³/mol. The second kappa shape index (κ2) is 6.06. The third kappa shape index (κ3) is 3.47. The van der Waals surface area contributed by atoms with Crippen LogP contribution in [0.4, 0.5) is 0 Å². The van der Waals surface area contributed by atoms with Crippen LogP contribution in [-0.4, -0.2) is 56.0 Å². The molecule has 1 amide bonds. The Labute approximate surface area is 115 Å². The Hall–Kier alpha value is -1.55. The van der Waals surface area contributed by atoms with Gasteiger partial charge in [0.2, 0.25) is 0 Å². The molecule has 4 nitrogen and oxygen atoms in total. The first-order valence-electron chi connectivity index (χ1n) is 6.74. The number of ether oxygens (including phenoxy) is 1. The van der Waals surface area contributed by atoms with Gasteiger partial charge in [-0.05, 0) is 32.0 Å². The Morgan fingerprint density at radius 1 is 1.26 bits per heavy atom. The lowest BCUT2D eigenvalue weighted by atomic mass is 10.1. The summed E-state index contributed by atoms with van der Waals surface area (Å²) >= 11 is 0. The van der Waals surface area contributed by atoms with Crippen molar-refractivity contribution in [3.8, 4) is 5.75 Å². The smallest absolute Gasteiger partial charge is 0.257 e. The summed E-state index contributed by atoms with van der Waals surface area (Å²) < 4.78 is 6.03. The summed E-state index contributed by atoms with van der Waals surface area (Å²) in [5.74, 6) is 0.694. The predicted octanol–water partition coefficient (Wildman–Crippen LogP) is 1.86. The highest BCUT2D eigenvalue weighted by Gasteiger charge is 2.21. The number of likely N-dealkylation sites (tertiary alicyclic amines) is 1. The van der Waals surface area contributed by atoms with Crippen LogP contribution >= 0.6 is 0 Å². The molecule has 0 radical (unpaired) electrons. The Morgan fingerprint density at radius 2 is 1.89 bits per heavy atom. The monoisotopic (exact) mass is 262 g/mol. The zero-order chi connectivity index (χ0) is 13.8. The van der Waals surface area contributed by atoms with Crippen molar-refractivity contribution >= 4 is 5.91 Å². The fraction of sp³-hybridized carbons (Fsp3) is 0.533. The second-order valence-electron chi connectivity index (χ2n) is 5.32. The normalized spacial score (nSPS) is 17.2. The summed E-state index contributed by atoms with van der Waals surface area (Å²) in [6, 6.07) is 7.50. The molecule has 0 saturated carbocycles. The third-order valence-corrected chi connectivity index (χ3v) is 3.48. The number of amides is 1. The van der Waals surface area contributed by atoms with Gasteiger partial charge in [0.1, 0.15) is 11.9 Å². The highest BCUT2D eigenvalue weighted by atomic mass is 16.5. The van der Waals surface area contributed by atoms with Crippen LogP contribution in [0.1, 0.15) is 23.2 Å². The summed E-state index contributed by atoms with van der Waals surface area (Å²) in [4.78, 5) is 16.0. The topological polar surface area (TPSA) is 32.8 Å². The van der Waals surface area contributed by atoms with E-state index >= 15 is 0 Å². The molecule has 0 atom stereocenters. The van der Waals surface area contributed by atoms with Crippen LogP contribution < -0.4 is 4.74 Å². The molecule has 4 heteroatoms. The van der Waals surface area contributed by atoms with E-state index in [0.29, 0.717) is 11.3 Å². The average molecular weight is 262 g/mol. The van der Waals surface area contributed by atoms with E-state index in [4.69, 9.17) is 4.74 Å². The number of para-hydroxylation sites is 1. The maximum absolute atomic E-state index is 12.1. The number of benzene rings is 1. The quantitative estimate of drug-likeness (QED) is 0.833. The van der Waals surface area contributed by atoms with E-state index in [0.717, 1.165) is 25.9 Å². The van der Waals surface area contributed by atoms with Crippen LogP contribution in [0.5, 0.6) is 5.75 Å².